The van der Waals surface area contributed by atoms with Gasteiger partial charge in [0, 0.05) is 23.7 Å². The van der Waals surface area contributed by atoms with E-state index in [0.717, 1.165) is 5.56 Å². The molecule has 106 valence electrons. The fourth-order valence-electron chi connectivity index (χ4n) is 1.81. The average Bonchev–Trinajstić information content (AvgIpc) is 2.27. The molecule has 4 heteroatoms. The molecular formula is C15H24N2O2. The molecule has 0 bridgehead atoms. The molecule has 1 aromatic rings. The molecule has 0 radical (unpaired) electrons. The third-order valence-electron chi connectivity index (χ3n) is 3.73. The molecule has 0 saturated heterocycles. The van der Waals surface area contributed by atoms with E-state index in [2.05, 4.69) is 33.0 Å². The van der Waals surface area contributed by atoms with Gasteiger partial charge in [-0.1, -0.05) is 32.9 Å². The van der Waals surface area contributed by atoms with Crippen LogP contribution < -0.4 is 5.32 Å². The molecule has 4 nitrogen and oxygen atoms in total. The first kappa shape index (κ1) is 15.6. The first-order valence-corrected chi connectivity index (χ1v) is 6.64. The minimum atomic E-state index is -0.321. The highest BCUT2D eigenvalue weighted by Gasteiger charge is 2.22. The molecule has 0 amide bonds. The van der Waals surface area contributed by atoms with Crippen LogP contribution in [0.1, 0.15) is 51.8 Å². The van der Waals surface area contributed by atoms with E-state index in [1.165, 1.54) is 0 Å². The van der Waals surface area contributed by atoms with Crippen molar-refractivity contribution in [3.63, 3.8) is 0 Å². The number of hydrogen-bond donors (Lipinski definition) is 1. The van der Waals surface area contributed by atoms with Gasteiger partial charge >= 0.3 is 0 Å². The smallest absolute Gasteiger partial charge is 0.272 e. The van der Waals surface area contributed by atoms with Gasteiger partial charge in [-0.15, -0.1) is 0 Å². The van der Waals surface area contributed by atoms with Crippen LogP contribution >= 0.6 is 0 Å². The lowest BCUT2D eigenvalue weighted by molar-refractivity contribution is -0.385. The molecule has 0 aliphatic carbocycles. The Morgan fingerprint density at radius 3 is 2.32 bits per heavy atom. The van der Waals surface area contributed by atoms with E-state index < -0.39 is 0 Å². The normalized spacial score (nSPS) is 15.1. The Morgan fingerprint density at radius 1 is 1.26 bits per heavy atom. The summed E-state index contributed by atoms with van der Waals surface area (Å²) in [5, 5.41) is 14.5. The van der Waals surface area contributed by atoms with Crippen molar-refractivity contribution in [1.29, 1.82) is 0 Å². The third-order valence-corrected chi connectivity index (χ3v) is 3.73. The van der Waals surface area contributed by atoms with E-state index in [1.54, 1.807) is 13.0 Å². The van der Waals surface area contributed by atoms with Crippen molar-refractivity contribution < 1.29 is 4.92 Å². The number of nitrogens with zero attached hydrogens (tertiary/aromatic N) is 1. The zero-order valence-electron chi connectivity index (χ0n) is 12.7. The van der Waals surface area contributed by atoms with Crippen molar-refractivity contribution >= 4 is 5.69 Å². The van der Waals surface area contributed by atoms with Gasteiger partial charge in [0.1, 0.15) is 0 Å². The Morgan fingerprint density at radius 2 is 1.84 bits per heavy atom. The number of nitrogens with one attached hydrogen (secondary N) is 1. The second-order valence-corrected chi connectivity index (χ2v) is 6.28. The van der Waals surface area contributed by atoms with Crippen molar-refractivity contribution in [3.05, 3.63) is 39.4 Å². The van der Waals surface area contributed by atoms with E-state index >= 15 is 0 Å². The number of nitro groups is 1. The van der Waals surface area contributed by atoms with Crippen LogP contribution in [0.15, 0.2) is 18.2 Å². The van der Waals surface area contributed by atoms with Crippen LogP contribution in [0.2, 0.25) is 0 Å². The fourth-order valence-corrected chi connectivity index (χ4v) is 1.81. The summed E-state index contributed by atoms with van der Waals surface area (Å²) >= 11 is 0. The Bertz CT molecular complexity index is 464. The monoisotopic (exact) mass is 264 g/mol. The summed E-state index contributed by atoms with van der Waals surface area (Å²) in [5.41, 5.74) is 2.00. The van der Waals surface area contributed by atoms with Crippen LogP contribution in [0.25, 0.3) is 0 Å². The summed E-state index contributed by atoms with van der Waals surface area (Å²) in [6, 6.07) is 5.85. The molecule has 1 aromatic carbocycles. The van der Waals surface area contributed by atoms with Crippen molar-refractivity contribution in [2.24, 2.45) is 5.41 Å². The summed E-state index contributed by atoms with van der Waals surface area (Å²) in [6.45, 7) is 12.5. The van der Waals surface area contributed by atoms with E-state index in [9.17, 15) is 10.1 Å². The molecule has 0 aromatic heterocycles. The minimum absolute atomic E-state index is 0.0912. The van der Waals surface area contributed by atoms with Gasteiger partial charge < -0.3 is 5.32 Å². The lowest BCUT2D eigenvalue weighted by Crippen LogP contribution is -2.39. The zero-order chi connectivity index (χ0) is 14.8. The number of hydrogen-bond acceptors (Lipinski definition) is 3. The number of aryl methyl sites for hydroxylation is 1. The van der Waals surface area contributed by atoms with Crippen molar-refractivity contribution in [1.82, 2.24) is 5.32 Å². The summed E-state index contributed by atoms with van der Waals surface area (Å²) in [6.07, 6.45) is 0. The first-order chi connectivity index (χ1) is 8.62. The molecule has 1 rings (SSSR count). The number of benzene rings is 1. The average molecular weight is 264 g/mol. The lowest BCUT2D eigenvalue weighted by atomic mass is 9.87. The zero-order valence-corrected chi connectivity index (χ0v) is 12.7. The Balaban J connectivity index is 2.92. The van der Waals surface area contributed by atoms with E-state index in [1.807, 2.05) is 19.1 Å². The van der Waals surface area contributed by atoms with E-state index in [-0.39, 0.29) is 22.1 Å². The minimum Gasteiger partial charge on any atom is -0.307 e. The van der Waals surface area contributed by atoms with Crippen LogP contribution in [0.4, 0.5) is 5.69 Å². The molecule has 2 unspecified atom stereocenters. The van der Waals surface area contributed by atoms with Crippen molar-refractivity contribution in [2.45, 2.75) is 53.6 Å². The highest BCUT2D eigenvalue weighted by atomic mass is 16.6. The SMILES string of the molecule is Cc1ccc(C(C)NC(C)C(C)(C)C)cc1[N+](=O)[O-]. The standard InChI is InChI=1S/C15H24N2O2/c1-10-7-8-13(9-14(10)17(18)19)11(2)16-12(3)15(4,5)6/h7-9,11-12,16H,1-6H3. The molecule has 0 spiro atoms. The van der Waals surface area contributed by atoms with E-state index in [0.29, 0.717) is 11.6 Å². The molecule has 2 atom stereocenters. The van der Waals surface area contributed by atoms with Crippen LogP contribution in [-0.4, -0.2) is 11.0 Å². The van der Waals surface area contributed by atoms with Gasteiger partial charge in [0.2, 0.25) is 0 Å². The second-order valence-electron chi connectivity index (χ2n) is 6.28. The maximum Gasteiger partial charge on any atom is 0.272 e. The van der Waals surface area contributed by atoms with Crippen LogP contribution in [0, 0.1) is 22.5 Å². The van der Waals surface area contributed by atoms with Gasteiger partial charge in [-0.2, -0.15) is 0 Å². The molecular weight excluding hydrogens is 240 g/mol. The predicted molar refractivity (Wildman–Crippen MR) is 78.3 cm³/mol. The maximum absolute atomic E-state index is 11.0. The number of nitro benzene ring substituents is 1. The van der Waals surface area contributed by atoms with Crippen LogP contribution in [0.3, 0.4) is 0 Å². The van der Waals surface area contributed by atoms with Gasteiger partial charge in [-0.25, -0.2) is 0 Å². The molecule has 1 N–H and O–H groups in total. The van der Waals surface area contributed by atoms with Crippen molar-refractivity contribution in [2.75, 3.05) is 0 Å². The maximum atomic E-state index is 11.0. The fraction of sp³-hybridized carbons (Fsp3) is 0.600. The van der Waals surface area contributed by atoms with Gasteiger partial charge in [0.15, 0.2) is 0 Å². The van der Waals surface area contributed by atoms with Gasteiger partial charge in [0.25, 0.3) is 5.69 Å². The summed E-state index contributed by atoms with van der Waals surface area (Å²) < 4.78 is 0. The Labute approximate surface area is 115 Å². The molecule has 19 heavy (non-hydrogen) atoms. The van der Waals surface area contributed by atoms with Gasteiger partial charge in [0.05, 0.1) is 4.92 Å². The topological polar surface area (TPSA) is 55.2 Å². The third kappa shape index (κ3) is 4.03. The highest BCUT2D eigenvalue weighted by Crippen LogP contribution is 2.26. The number of rotatable bonds is 4. The van der Waals surface area contributed by atoms with Crippen molar-refractivity contribution in [3.8, 4) is 0 Å². The Hall–Kier alpha value is -1.42. The van der Waals surface area contributed by atoms with Crippen LogP contribution in [0.5, 0.6) is 0 Å². The summed E-state index contributed by atoms with van der Waals surface area (Å²) in [7, 11) is 0. The second kappa shape index (κ2) is 5.70. The van der Waals surface area contributed by atoms with Gasteiger partial charge in [-0.3, -0.25) is 10.1 Å². The molecule has 0 heterocycles. The van der Waals surface area contributed by atoms with E-state index in [4.69, 9.17) is 0 Å². The lowest BCUT2D eigenvalue weighted by Gasteiger charge is -2.31. The van der Waals surface area contributed by atoms with Gasteiger partial charge in [-0.05, 0) is 31.7 Å². The Kier molecular flexibility index (Phi) is 4.69. The predicted octanol–water partition coefficient (Wildman–Crippen LogP) is 3.99. The molecule has 0 fully saturated rings. The summed E-state index contributed by atoms with van der Waals surface area (Å²) in [5.74, 6) is 0. The largest absolute Gasteiger partial charge is 0.307 e. The quantitative estimate of drug-likeness (QED) is 0.661. The molecule has 0 aliphatic rings. The molecule has 0 aliphatic heterocycles. The van der Waals surface area contributed by atoms with Crippen LogP contribution in [-0.2, 0) is 0 Å². The highest BCUT2D eigenvalue weighted by molar-refractivity contribution is 5.43. The molecule has 0 saturated carbocycles. The summed E-state index contributed by atoms with van der Waals surface area (Å²) in [4.78, 5) is 10.6. The first-order valence-electron chi connectivity index (χ1n) is 6.64.